The zero-order chi connectivity index (χ0) is 12.3. The van der Waals surface area contributed by atoms with Crippen LogP contribution in [0.3, 0.4) is 0 Å². The summed E-state index contributed by atoms with van der Waals surface area (Å²) >= 11 is 3.48. The Hall–Kier alpha value is -0.540. The van der Waals surface area contributed by atoms with Gasteiger partial charge >= 0.3 is 0 Å². The number of anilines is 1. The average molecular weight is 297 g/mol. The molecular weight excluding hydrogens is 276 g/mol. The summed E-state index contributed by atoms with van der Waals surface area (Å²) in [5.41, 5.74) is 1.19. The molecule has 0 radical (unpaired) electrons. The second kappa shape index (κ2) is 5.87. The van der Waals surface area contributed by atoms with Crippen LogP contribution in [0, 0.1) is 5.92 Å². The number of hydrogen-bond acceptors (Lipinski definition) is 2. The highest BCUT2D eigenvalue weighted by molar-refractivity contribution is 9.10. The summed E-state index contributed by atoms with van der Waals surface area (Å²) in [7, 11) is 2.23. The van der Waals surface area contributed by atoms with E-state index >= 15 is 0 Å². The Morgan fingerprint density at radius 3 is 2.88 bits per heavy atom. The summed E-state index contributed by atoms with van der Waals surface area (Å²) in [5, 5.41) is 3.46. The van der Waals surface area contributed by atoms with Gasteiger partial charge in [0.15, 0.2) is 0 Å². The van der Waals surface area contributed by atoms with Crippen molar-refractivity contribution in [2.45, 2.75) is 25.8 Å². The van der Waals surface area contributed by atoms with Crippen molar-refractivity contribution in [3.63, 3.8) is 0 Å². The maximum Gasteiger partial charge on any atom is 0.0351 e. The molecule has 94 valence electrons. The van der Waals surface area contributed by atoms with Crippen LogP contribution in [-0.4, -0.2) is 31.1 Å². The van der Waals surface area contributed by atoms with Crippen LogP contribution in [0.25, 0.3) is 0 Å². The van der Waals surface area contributed by atoms with Gasteiger partial charge in [-0.1, -0.05) is 22.0 Å². The van der Waals surface area contributed by atoms with Crippen molar-refractivity contribution in [3.8, 4) is 0 Å². The number of hydrogen-bond donors (Lipinski definition) is 1. The molecule has 2 rings (SSSR count). The summed E-state index contributed by atoms with van der Waals surface area (Å²) < 4.78 is 1.13. The molecule has 0 spiro atoms. The Balaban J connectivity index is 1.71. The number of benzene rings is 1. The Labute approximate surface area is 113 Å². The number of halogens is 1. The van der Waals surface area contributed by atoms with Gasteiger partial charge in [-0.15, -0.1) is 0 Å². The molecule has 17 heavy (non-hydrogen) atoms. The number of nitrogens with zero attached hydrogens (tertiary/aromatic N) is 1. The SMILES string of the molecule is CC(C1CC1)N(C)CCNc1cccc(Br)c1. The Morgan fingerprint density at radius 1 is 1.47 bits per heavy atom. The molecule has 0 amide bonds. The molecule has 2 nitrogen and oxygen atoms in total. The van der Waals surface area contributed by atoms with Crippen molar-refractivity contribution in [2.24, 2.45) is 5.92 Å². The molecule has 0 heterocycles. The van der Waals surface area contributed by atoms with Crippen molar-refractivity contribution in [1.29, 1.82) is 0 Å². The minimum Gasteiger partial charge on any atom is -0.384 e. The fraction of sp³-hybridized carbons (Fsp3) is 0.571. The van der Waals surface area contributed by atoms with Crippen molar-refractivity contribution in [1.82, 2.24) is 4.90 Å². The molecule has 1 saturated carbocycles. The third-order valence-corrected chi connectivity index (χ3v) is 4.11. The van der Waals surface area contributed by atoms with Crippen molar-refractivity contribution >= 4 is 21.6 Å². The molecule has 1 aromatic rings. The fourth-order valence-electron chi connectivity index (χ4n) is 2.12. The van der Waals surface area contributed by atoms with E-state index in [2.05, 4.69) is 58.3 Å². The first-order valence-electron chi connectivity index (χ1n) is 6.36. The molecule has 1 aromatic carbocycles. The van der Waals surface area contributed by atoms with Crippen LogP contribution in [0.5, 0.6) is 0 Å². The van der Waals surface area contributed by atoms with Gasteiger partial charge in [0.2, 0.25) is 0 Å². The van der Waals surface area contributed by atoms with Gasteiger partial charge < -0.3 is 10.2 Å². The van der Waals surface area contributed by atoms with Gasteiger partial charge in [0.25, 0.3) is 0 Å². The van der Waals surface area contributed by atoms with Crippen LogP contribution in [0.15, 0.2) is 28.7 Å². The van der Waals surface area contributed by atoms with Crippen molar-refractivity contribution < 1.29 is 0 Å². The van der Waals surface area contributed by atoms with Gasteiger partial charge in [0.05, 0.1) is 0 Å². The average Bonchev–Trinajstić information content (AvgIpc) is 3.12. The molecular formula is C14H21BrN2. The Kier molecular flexibility index (Phi) is 4.46. The van der Waals surface area contributed by atoms with E-state index in [-0.39, 0.29) is 0 Å². The summed E-state index contributed by atoms with van der Waals surface area (Å²) in [6.07, 6.45) is 2.84. The normalized spacial score (nSPS) is 17.2. The van der Waals surface area contributed by atoms with E-state index in [0.29, 0.717) is 0 Å². The highest BCUT2D eigenvalue weighted by Crippen LogP contribution is 2.34. The number of nitrogens with one attached hydrogen (secondary N) is 1. The Morgan fingerprint density at radius 2 is 2.24 bits per heavy atom. The van der Waals surface area contributed by atoms with E-state index in [1.165, 1.54) is 18.5 Å². The lowest BCUT2D eigenvalue weighted by Crippen LogP contribution is -2.34. The minimum atomic E-state index is 0.735. The first-order chi connectivity index (χ1) is 8.16. The summed E-state index contributed by atoms with van der Waals surface area (Å²) in [5.74, 6) is 0.950. The third-order valence-electron chi connectivity index (χ3n) is 3.62. The van der Waals surface area contributed by atoms with Gasteiger partial charge in [-0.25, -0.2) is 0 Å². The van der Waals surface area contributed by atoms with Gasteiger partial charge in [-0.05, 0) is 50.9 Å². The molecule has 3 heteroatoms. The second-order valence-electron chi connectivity index (χ2n) is 5.00. The maximum atomic E-state index is 3.48. The molecule has 1 aliphatic rings. The lowest BCUT2D eigenvalue weighted by Gasteiger charge is -2.24. The second-order valence-corrected chi connectivity index (χ2v) is 5.91. The van der Waals surface area contributed by atoms with Crippen molar-refractivity contribution in [3.05, 3.63) is 28.7 Å². The first kappa shape index (κ1) is 12.9. The van der Waals surface area contributed by atoms with Crippen LogP contribution < -0.4 is 5.32 Å². The van der Waals surface area contributed by atoms with Gasteiger partial charge in [-0.2, -0.15) is 0 Å². The van der Waals surface area contributed by atoms with Crippen LogP contribution in [0.4, 0.5) is 5.69 Å². The van der Waals surface area contributed by atoms with Gasteiger partial charge in [0, 0.05) is 29.3 Å². The molecule has 1 unspecified atom stereocenters. The highest BCUT2D eigenvalue weighted by atomic mass is 79.9. The number of rotatable bonds is 6. The monoisotopic (exact) mass is 296 g/mol. The third kappa shape index (κ3) is 4.00. The standard InChI is InChI=1S/C14H21BrN2/c1-11(12-6-7-12)17(2)9-8-16-14-5-3-4-13(15)10-14/h3-5,10-12,16H,6-9H2,1-2H3. The minimum absolute atomic E-state index is 0.735. The summed E-state index contributed by atoms with van der Waals surface area (Å²) in [4.78, 5) is 2.46. The molecule has 1 fully saturated rings. The predicted octanol–water partition coefficient (Wildman–Crippen LogP) is 3.59. The Bertz CT molecular complexity index is 363. The maximum absolute atomic E-state index is 3.48. The van der Waals surface area contributed by atoms with Crippen LogP contribution in [0.2, 0.25) is 0 Å². The molecule has 0 aliphatic heterocycles. The predicted molar refractivity (Wildman–Crippen MR) is 77.4 cm³/mol. The largest absolute Gasteiger partial charge is 0.384 e. The molecule has 0 saturated heterocycles. The van der Waals surface area contributed by atoms with E-state index in [1.54, 1.807) is 0 Å². The molecule has 1 aliphatic carbocycles. The van der Waals surface area contributed by atoms with Gasteiger partial charge in [-0.3, -0.25) is 0 Å². The summed E-state index contributed by atoms with van der Waals surface area (Å²) in [6, 6.07) is 9.06. The molecule has 0 bridgehead atoms. The number of likely N-dealkylation sites (N-methyl/N-ethyl adjacent to an activating group) is 1. The fourth-order valence-corrected chi connectivity index (χ4v) is 2.52. The van der Waals surface area contributed by atoms with E-state index in [4.69, 9.17) is 0 Å². The molecule has 0 aromatic heterocycles. The van der Waals surface area contributed by atoms with Crippen LogP contribution >= 0.6 is 15.9 Å². The lowest BCUT2D eigenvalue weighted by molar-refractivity contribution is 0.243. The topological polar surface area (TPSA) is 15.3 Å². The van der Waals surface area contributed by atoms with E-state index in [9.17, 15) is 0 Å². The molecule has 1 atom stereocenters. The van der Waals surface area contributed by atoms with Crippen LogP contribution in [0.1, 0.15) is 19.8 Å². The quantitative estimate of drug-likeness (QED) is 0.863. The smallest absolute Gasteiger partial charge is 0.0351 e. The first-order valence-corrected chi connectivity index (χ1v) is 7.16. The lowest BCUT2D eigenvalue weighted by atomic mass is 10.2. The van der Waals surface area contributed by atoms with E-state index < -0.39 is 0 Å². The van der Waals surface area contributed by atoms with Crippen LogP contribution in [-0.2, 0) is 0 Å². The zero-order valence-corrected chi connectivity index (χ0v) is 12.2. The van der Waals surface area contributed by atoms with E-state index in [1.807, 2.05) is 6.07 Å². The van der Waals surface area contributed by atoms with Crippen molar-refractivity contribution in [2.75, 3.05) is 25.5 Å². The van der Waals surface area contributed by atoms with Gasteiger partial charge in [0.1, 0.15) is 0 Å². The highest BCUT2D eigenvalue weighted by Gasteiger charge is 2.29. The summed E-state index contributed by atoms with van der Waals surface area (Å²) in [6.45, 7) is 4.45. The molecule has 1 N–H and O–H groups in total. The van der Waals surface area contributed by atoms with E-state index in [0.717, 1.165) is 29.5 Å². The zero-order valence-electron chi connectivity index (χ0n) is 10.6.